The largest absolute Gasteiger partial charge is 0.387 e. The van der Waals surface area contributed by atoms with Gasteiger partial charge in [-0.25, -0.2) is 4.79 Å². The second kappa shape index (κ2) is 6.01. The number of hydrogen-bond acceptors (Lipinski definition) is 4. The molecule has 0 aliphatic carbocycles. The van der Waals surface area contributed by atoms with E-state index in [1.54, 1.807) is 14.7 Å². The maximum absolute atomic E-state index is 12.1. The Labute approximate surface area is 106 Å². The first kappa shape index (κ1) is 13.1. The van der Waals surface area contributed by atoms with Crippen molar-refractivity contribution in [3.8, 4) is 0 Å². The normalized spacial score (nSPS) is 21.1. The van der Waals surface area contributed by atoms with E-state index in [0.29, 0.717) is 52.5 Å². The van der Waals surface area contributed by atoms with E-state index in [1.165, 1.54) is 0 Å². The zero-order chi connectivity index (χ0) is 13.0. The third kappa shape index (κ3) is 2.91. The van der Waals surface area contributed by atoms with Crippen molar-refractivity contribution in [1.29, 1.82) is 0 Å². The number of urea groups is 1. The number of amides is 3. The molecule has 2 fully saturated rings. The molecule has 0 bridgehead atoms. The van der Waals surface area contributed by atoms with E-state index in [1.807, 2.05) is 0 Å². The second-order valence-electron chi connectivity index (χ2n) is 4.41. The number of ether oxygens (including phenoxy) is 1. The number of piperazine rings is 1. The van der Waals surface area contributed by atoms with E-state index in [0.717, 1.165) is 0 Å². The average Bonchev–Trinajstić information content (AvgIpc) is 2.47. The Morgan fingerprint density at radius 2 is 1.39 bits per heavy atom. The van der Waals surface area contributed by atoms with Crippen molar-refractivity contribution in [3.05, 3.63) is 0 Å². The van der Waals surface area contributed by atoms with Gasteiger partial charge in [0.2, 0.25) is 5.91 Å². The summed E-state index contributed by atoms with van der Waals surface area (Å²) in [4.78, 5) is 28.6. The number of aliphatic hydroxyl groups excluding tert-OH is 1. The summed E-state index contributed by atoms with van der Waals surface area (Å²) in [6.07, 6.45) is 0. The summed E-state index contributed by atoms with van der Waals surface area (Å²) in [6, 6.07) is 0.0226. The van der Waals surface area contributed by atoms with Crippen LogP contribution in [0.3, 0.4) is 0 Å². The first-order chi connectivity index (χ1) is 8.72. The molecule has 0 radical (unpaired) electrons. The van der Waals surface area contributed by atoms with E-state index < -0.39 is 6.61 Å². The summed E-state index contributed by atoms with van der Waals surface area (Å²) in [7, 11) is 0. The summed E-state index contributed by atoms with van der Waals surface area (Å²) in [5, 5.41) is 8.77. The highest BCUT2D eigenvalue weighted by Crippen LogP contribution is 2.07. The molecule has 0 aromatic heterocycles. The van der Waals surface area contributed by atoms with Crippen LogP contribution in [-0.2, 0) is 9.53 Å². The van der Waals surface area contributed by atoms with Gasteiger partial charge in [-0.3, -0.25) is 4.79 Å². The van der Waals surface area contributed by atoms with Gasteiger partial charge in [0.15, 0.2) is 0 Å². The molecule has 1 N–H and O–H groups in total. The van der Waals surface area contributed by atoms with Crippen LogP contribution in [0.2, 0.25) is 0 Å². The van der Waals surface area contributed by atoms with Gasteiger partial charge in [0.25, 0.3) is 0 Å². The van der Waals surface area contributed by atoms with Gasteiger partial charge in [-0.05, 0) is 0 Å². The van der Waals surface area contributed by atoms with Crippen molar-refractivity contribution < 1.29 is 19.4 Å². The number of rotatable bonds is 1. The Hall–Kier alpha value is -1.34. The molecule has 18 heavy (non-hydrogen) atoms. The molecule has 2 saturated heterocycles. The molecule has 0 aromatic rings. The van der Waals surface area contributed by atoms with Crippen molar-refractivity contribution in [2.24, 2.45) is 0 Å². The van der Waals surface area contributed by atoms with Gasteiger partial charge >= 0.3 is 6.03 Å². The zero-order valence-corrected chi connectivity index (χ0v) is 10.4. The smallest absolute Gasteiger partial charge is 0.320 e. The highest BCUT2D eigenvalue weighted by atomic mass is 16.5. The number of morpholine rings is 1. The Morgan fingerprint density at radius 3 is 1.94 bits per heavy atom. The van der Waals surface area contributed by atoms with E-state index in [-0.39, 0.29) is 11.9 Å². The second-order valence-corrected chi connectivity index (χ2v) is 4.41. The molecule has 7 nitrogen and oxygen atoms in total. The highest BCUT2D eigenvalue weighted by Gasteiger charge is 2.27. The lowest BCUT2D eigenvalue weighted by molar-refractivity contribution is -0.135. The Balaban J connectivity index is 1.81. The molecule has 2 heterocycles. The van der Waals surface area contributed by atoms with Gasteiger partial charge in [0, 0.05) is 39.3 Å². The summed E-state index contributed by atoms with van der Waals surface area (Å²) in [5.41, 5.74) is 0. The van der Waals surface area contributed by atoms with Crippen LogP contribution >= 0.6 is 0 Å². The summed E-state index contributed by atoms with van der Waals surface area (Å²) in [6.45, 7) is 4.04. The zero-order valence-electron chi connectivity index (χ0n) is 10.4. The summed E-state index contributed by atoms with van der Waals surface area (Å²) < 4.78 is 5.21. The number of aliphatic hydroxyl groups is 1. The molecule has 0 aromatic carbocycles. The number of carbonyl (C=O) groups is 2. The van der Waals surface area contributed by atoms with E-state index in [4.69, 9.17) is 9.84 Å². The van der Waals surface area contributed by atoms with Crippen molar-refractivity contribution in [1.82, 2.24) is 14.7 Å². The summed E-state index contributed by atoms with van der Waals surface area (Å²) in [5.74, 6) is -0.270. The van der Waals surface area contributed by atoms with Gasteiger partial charge in [-0.15, -0.1) is 0 Å². The standard InChI is InChI=1S/C11H19N3O4/c15-9-10(16)12-1-3-13(4-2-12)11(17)14-5-7-18-8-6-14/h15H,1-9H2. The lowest BCUT2D eigenvalue weighted by Crippen LogP contribution is -2.56. The van der Waals surface area contributed by atoms with Gasteiger partial charge in [0.05, 0.1) is 13.2 Å². The number of hydrogen-bond donors (Lipinski definition) is 1. The third-order valence-corrected chi connectivity index (χ3v) is 3.32. The lowest BCUT2D eigenvalue weighted by atomic mass is 10.3. The molecular weight excluding hydrogens is 238 g/mol. The van der Waals surface area contributed by atoms with E-state index >= 15 is 0 Å². The monoisotopic (exact) mass is 257 g/mol. The molecule has 2 aliphatic heterocycles. The molecule has 0 saturated carbocycles. The van der Waals surface area contributed by atoms with Gasteiger partial charge in [-0.2, -0.15) is 0 Å². The topological polar surface area (TPSA) is 73.3 Å². The fourth-order valence-corrected chi connectivity index (χ4v) is 2.20. The molecule has 2 aliphatic rings. The van der Waals surface area contributed by atoms with Crippen molar-refractivity contribution in [3.63, 3.8) is 0 Å². The molecular formula is C11H19N3O4. The van der Waals surface area contributed by atoms with E-state index in [2.05, 4.69) is 0 Å². The van der Waals surface area contributed by atoms with E-state index in [9.17, 15) is 9.59 Å². The first-order valence-electron chi connectivity index (χ1n) is 6.22. The van der Waals surface area contributed by atoms with Crippen molar-refractivity contribution >= 4 is 11.9 Å². The number of nitrogens with zero attached hydrogens (tertiary/aromatic N) is 3. The molecule has 2 rings (SSSR count). The van der Waals surface area contributed by atoms with Crippen LogP contribution in [-0.4, -0.2) is 90.8 Å². The minimum Gasteiger partial charge on any atom is -0.387 e. The van der Waals surface area contributed by atoms with Crippen LogP contribution in [0.4, 0.5) is 4.79 Å². The van der Waals surface area contributed by atoms with Crippen LogP contribution in [0.15, 0.2) is 0 Å². The first-order valence-corrected chi connectivity index (χ1v) is 6.22. The van der Waals surface area contributed by atoms with Gasteiger partial charge in [-0.1, -0.05) is 0 Å². The van der Waals surface area contributed by atoms with Crippen LogP contribution in [0.1, 0.15) is 0 Å². The summed E-state index contributed by atoms with van der Waals surface area (Å²) >= 11 is 0. The van der Waals surface area contributed by atoms with Gasteiger partial charge in [0.1, 0.15) is 6.61 Å². The molecule has 0 unspecified atom stereocenters. The minimum atomic E-state index is -0.461. The average molecular weight is 257 g/mol. The quantitative estimate of drug-likeness (QED) is 0.625. The molecule has 102 valence electrons. The Kier molecular flexibility index (Phi) is 4.38. The van der Waals surface area contributed by atoms with Crippen LogP contribution < -0.4 is 0 Å². The maximum Gasteiger partial charge on any atom is 0.320 e. The maximum atomic E-state index is 12.1. The molecule has 0 atom stereocenters. The van der Waals surface area contributed by atoms with Gasteiger partial charge < -0.3 is 24.5 Å². The predicted octanol–water partition coefficient (Wildman–Crippen LogP) is -1.42. The predicted molar refractivity (Wildman–Crippen MR) is 63.0 cm³/mol. The SMILES string of the molecule is O=C(CO)N1CCN(C(=O)N2CCOCC2)CC1. The minimum absolute atomic E-state index is 0.0226. The van der Waals surface area contributed by atoms with Crippen molar-refractivity contribution in [2.75, 3.05) is 59.1 Å². The fourth-order valence-electron chi connectivity index (χ4n) is 2.20. The molecule has 3 amide bonds. The van der Waals surface area contributed by atoms with Crippen LogP contribution in [0.5, 0.6) is 0 Å². The highest BCUT2D eigenvalue weighted by molar-refractivity contribution is 5.78. The Bertz CT molecular complexity index is 309. The van der Waals surface area contributed by atoms with Crippen LogP contribution in [0.25, 0.3) is 0 Å². The number of carbonyl (C=O) groups excluding carboxylic acids is 2. The Morgan fingerprint density at radius 1 is 0.889 bits per heavy atom. The fraction of sp³-hybridized carbons (Fsp3) is 0.818. The third-order valence-electron chi connectivity index (χ3n) is 3.32. The lowest BCUT2D eigenvalue weighted by Gasteiger charge is -2.38. The van der Waals surface area contributed by atoms with Crippen LogP contribution in [0, 0.1) is 0 Å². The van der Waals surface area contributed by atoms with Crippen molar-refractivity contribution in [2.45, 2.75) is 0 Å². The molecule has 7 heteroatoms. The molecule has 0 spiro atoms.